The van der Waals surface area contributed by atoms with Crippen LogP contribution in [0.3, 0.4) is 0 Å². The van der Waals surface area contributed by atoms with E-state index in [2.05, 4.69) is 15.3 Å². The van der Waals surface area contributed by atoms with Crippen LogP contribution < -0.4 is 11.1 Å². The van der Waals surface area contributed by atoms with Gasteiger partial charge < -0.3 is 16.2 Å². The topological polar surface area (TPSA) is 162 Å². The minimum Gasteiger partial charge on any atom is -0.390 e. The number of pyridine rings is 2. The summed E-state index contributed by atoms with van der Waals surface area (Å²) in [7, 11) is -3.81. The summed E-state index contributed by atoms with van der Waals surface area (Å²) in [5.41, 5.74) is 7.22. The molecule has 2 aromatic heterocycles. The number of nitriles is 1. The number of rotatable bonds is 6. The molecule has 0 aliphatic carbocycles. The monoisotopic (exact) mass is 478 g/mol. The van der Waals surface area contributed by atoms with Gasteiger partial charge in [-0.05, 0) is 53.9 Å². The van der Waals surface area contributed by atoms with Crippen molar-refractivity contribution in [2.75, 3.05) is 18.4 Å². The number of nitrogens with two attached hydrogens (primary N) is 1. The summed E-state index contributed by atoms with van der Waals surface area (Å²) in [5, 5.41) is 22.5. The van der Waals surface area contributed by atoms with Crippen LogP contribution in [0.15, 0.2) is 65.8 Å². The van der Waals surface area contributed by atoms with Crippen molar-refractivity contribution in [2.24, 2.45) is 5.73 Å². The number of β-amino-alcohol motifs (C(OH)–C–C–N with tert-alkyl or cyclic N) is 1. The minimum absolute atomic E-state index is 0.0651. The molecule has 1 fully saturated rings. The molecular weight excluding hydrogens is 456 g/mol. The Morgan fingerprint density at radius 2 is 1.91 bits per heavy atom. The first kappa shape index (κ1) is 23.3. The normalized spacial score (nSPS) is 18.7. The highest BCUT2D eigenvalue weighted by Crippen LogP contribution is 2.26. The van der Waals surface area contributed by atoms with Crippen LogP contribution in [0.1, 0.15) is 22.5 Å². The number of carbonyl (C=O) groups excluding carboxylic acids is 1. The van der Waals surface area contributed by atoms with Crippen molar-refractivity contribution < 1.29 is 18.3 Å². The van der Waals surface area contributed by atoms with Crippen LogP contribution >= 0.6 is 0 Å². The number of benzene rings is 1. The number of nitrogens with one attached hydrogen (secondary N) is 1. The van der Waals surface area contributed by atoms with Gasteiger partial charge in [0.1, 0.15) is 17.6 Å². The number of piperidine rings is 1. The third kappa shape index (κ3) is 4.89. The Balaban J connectivity index is 1.44. The average Bonchev–Trinajstić information content (AvgIpc) is 2.85. The third-order valence-electron chi connectivity index (χ3n) is 5.61. The lowest BCUT2D eigenvalue weighted by Gasteiger charge is -2.35. The fraction of sp³-hybridized carbons (Fsp3) is 0.217. The second-order valence-corrected chi connectivity index (χ2v) is 9.77. The Hall–Kier alpha value is -3.85. The van der Waals surface area contributed by atoms with Crippen LogP contribution in [0.2, 0.25) is 0 Å². The van der Waals surface area contributed by atoms with Gasteiger partial charge in [0.15, 0.2) is 0 Å². The number of amides is 1. The van der Waals surface area contributed by atoms with Crippen molar-refractivity contribution in [3.05, 3.63) is 72.2 Å². The van der Waals surface area contributed by atoms with E-state index < -0.39 is 22.0 Å². The Bertz CT molecular complexity index is 1340. The van der Waals surface area contributed by atoms with E-state index in [9.17, 15) is 18.3 Å². The summed E-state index contributed by atoms with van der Waals surface area (Å²) in [4.78, 5) is 19.5. The van der Waals surface area contributed by atoms with E-state index in [4.69, 9.17) is 11.0 Å². The molecule has 0 bridgehead atoms. The van der Waals surface area contributed by atoms with Gasteiger partial charge in [0.25, 0.3) is 5.91 Å². The first-order valence-electron chi connectivity index (χ1n) is 10.4. The zero-order valence-corrected chi connectivity index (χ0v) is 18.8. The molecule has 0 radical (unpaired) electrons. The number of anilines is 1. The molecule has 1 aromatic carbocycles. The summed E-state index contributed by atoms with van der Waals surface area (Å²) in [5.74, 6) is -0.141. The molecule has 10 nitrogen and oxygen atoms in total. The smallest absolute Gasteiger partial charge is 0.267 e. The number of nitrogens with zero attached hydrogens (tertiary/aromatic N) is 4. The minimum atomic E-state index is -3.81. The van der Waals surface area contributed by atoms with Crippen LogP contribution in [0, 0.1) is 11.3 Å². The van der Waals surface area contributed by atoms with Crippen molar-refractivity contribution in [2.45, 2.75) is 23.5 Å². The van der Waals surface area contributed by atoms with Gasteiger partial charge in [-0.15, -0.1) is 0 Å². The first-order valence-corrected chi connectivity index (χ1v) is 11.9. The van der Waals surface area contributed by atoms with Crippen LogP contribution in [0.25, 0.3) is 11.1 Å². The second kappa shape index (κ2) is 9.56. The summed E-state index contributed by atoms with van der Waals surface area (Å²) < 4.78 is 27.5. The van der Waals surface area contributed by atoms with E-state index in [0.29, 0.717) is 28.9 Å². The summed E-state index contributed by atoms with van der Waals surface area (Å²) in [6.45, 7) is 0.159. The number of aliphatic hydroxyl groups is 1. The SMILES string of the molecule is N#Cc1ccc(N[C@@H]2CCN(S(=O)(=O)c3ccc(-c4ccnc(C(N)=O)c4)cc3)C[C@@H]2O)nc1. The van der Waals surface area contributed by atoms with E-state index in [0.717, 1.165) is 0 Å². The molecule has 3 heterocycles. The van der Waals surface area contributed by atoms with Crippen LogP contribution in [-0.2, 0) is 10.0 Å². The predicted molar refractivity (Wildman–Crippen MR) is 124 cm³/mol. The highest BCUT2D eigenvalue weighted by Gasteiger charge is 2.34. The van der Waals surface area contributed by atoms with Crippen molar-refractivity contribution in [1.29, 1.82) is 5.26 Å². The molecule has 1 saturated heterocycles. The number of primary amides is 1. The molecule has 1 aliphatic rings. The molecule has 0 spiro atoms. The van der Waals surface area contributed by atoms with E-state index in [1.54, 1.807) is 36.4 Å². The molecule has 34 heavy (non-hydrogen) atoms. The fourth-order valence-corrected chi connectivity index (χ4v) is 5.21. The van der Waals surface area contributed by atoms with Crippen molar-refractivity contribution in [1.82, 2.24) is 14.3 Å². The molecule has 0 unspecified atom stereocenters. The lowest BCUT2D eigenvalue weighted by Crippen LogP contribution is -2.51. The number of aliphatic hydroxyl groups excluding tert-OH is 1. The molecule has 3 aromatic rings. The number of carbonyl (C=O) groups is 1. The van der Waals surface area contributed by atoms with Crippen LogP contribution in [-0.4, -0.2) is 58.9 Å². The molecule has 2 atom stereocenters. The maximum Gasteiger partial charge on any atom is 0.267 e. The zero-order valence-electron chi connectivity index (χ0n) is 18.0. The van der Waals surface area contributed by atoms with Crippen molar-refractivity contribution >= 4 is 21.7 Å². The summed E-state index contributed by atoms with van der Waals surface area (Å²) in [6, 6.07) is 14.4. The molecule has 174 valence electrons. The van der Waals surface area contributed by atoms with Crippen LogP contribution in [0.5, 0.6) is 0 Å². The lowest BCUT2D eigenvalue weighted by molar-refractivity contribution is 0.0949. The second-order valence-electron chi connectivity index (χ2n) is 7.83. The molecular formula is C23H22N6O4S. The van der Waals surface area contributed by atoms with E-state index >= 15 is 0 Å². The van der Waals surface area contributed by atoms with Gasteiger partial charge in [-0.1, -0.05) is 12.1 Å². The van der Waals surface area contributed by atoms with Crippen molar-refractivity contribution in [3.8, 4) is 17.2 Å². The average molecular weight is 479 g/mol. The standard InChI is InChI=1S/C23H22N6O4S/c24-12-15-1-6-22(27-13-15)28-19-8-10-29(14-21(19)30)34(32,33)18-4-2-16(3-5-18)17-7-9-26-20(11-17)23(25)31/h1-7,9,11,13,19,21,30H,8,10,14H2,(H2,25,31)(H,27,28)/t19-,21+/m1/s1. The molecule has 1 aliphatic heterocycles. The van der Waals surface area contributed by atoms with Gasteiger partial charge in [-0.3, -0.25) is 9.78 Å². The maximum atomic E-state index is 13.1. The zero-order chi connectivity index (χ0) is 24.3. The Morgan fingerprint density at radius 1 is 1.15 bits per heavy atom. The van der Waals surface area contributed by atoms with Gasteiger partial charge in [0.2, 0.25) is 10.0 Å². The number of sulfonamides is 1. The fourth-order valence-electron chi connectivity index (χ4n) is 3.74. The highest BCUT2D eigenvalue weighted by molar-refractivity contribution is 7.89. The molecule has 0 saturated carbocycles. The van der Waals surface area contributed by atoms with Gasteiger partial charge in [0, 0.05) is 25.5 Å². The van der Waals surface area contributed by atoms with E-state index in [-0.39, 0.29) is 29.7 Å². The number of hydrogen-bond donors (Lipinski definition) is 3. The largest absolute Gasteiger partial charge is 0.390 e. The number of hydrogen-bond acceptors (Lipinski definition) is 8. The Kier molecular flexibility index (Phi) is 6.56. The Labute approximate surface area is 196 Å². The van der Waals surface area contributed by atoms with Gasteiger partial charge in [0.05, 0.1) is 22.6 Å². The Morgan fingerprint density at radius 3 is 2.53 bits per heavy atom. The summed E-state index contributed by atoms with van der Waals surface area (Å²) in [6.07, 6.45) is 2.34. The highest BCUT2D eigenvalue weighted by atomic mass is 32.2. The molecule has 4 N–H and O–H groups in total. The summed E-state index contributed by atoms with van der Waals surface area (Å²) >= 11 is 0. The maximum absolute atomic E-state index is 13.1. The van der Waals surface area contributed by atoms with E-state index in [1.807, 2.05) is 6.07 Å². The van der Waals surface area contributed by atoms with Crippen LogP contribution in [0.4, 0.5) is 5.82 Å². The van der Waals surface area contributed by atoms with Gasteiger partial charge in [-0.25, -0.2) is 13.4 Å². The van der Waals surface area contributed by atoms with Crippen molar-refractivity contribution in [3.63, 3.8) is 0 Å². The predicted octanol–water partition coefficient (Wildman–Crippen LogP) is 1.35. The quantitative estimate of drug-likeness (QED) is 0.478. The molecule has 11 heteroatoms. The molecule has 4 rings (SSSR count). The van der Waals surface area contributed by atoms with Gasteiger partial charge in [-0.2, -0.15) is 9.57 Å². The van der Waals surface area contributed by atoms with Gasteiger partial charge >= 0.3 is 0 Å². The lowest BCUT2D eigenvalue weighted by atomic mass is 10.0. The first-order chi connectivity index (χ1) is 16.3. The molecule has 1 amide bonds. The third-order valence-corrected chi connectivity index (χ3v) is 7.49. The van der Waals surface area contributed by atoms with E-state index in [1.165, 1.54) is 28.8 Å². The number of aromatic nitrogens is 2.